The Morgan fingerprint density at radius 2 is 2.03 bits per heavy atom. The first kappa shape index (κ1) is 20.9. The molecule has 1 aromatic heterocycles. The number of rotatable bonds is 6. The van der Waals surface area contributed by atoms with E-state index in [0.29, 0.717) is 36.8 Å². The summed E-state index contributed by atoms with van der Waals surface area (Å²) in [6, 6.07) is 10.3. The lowest BCUT2D eigenvalue weighted by atomic mass is 9.91. The predicted octanol–water partition coefficient (Wildman–Crippen LogP) is 2.56. The van der Waals surface area contributed by atoms with Crippen molar-refractivity contribution in [2.24, 2.45) is 0 Å². The van der Waals surface area contributed by atoms with Crippen LogP contribution >= 0.6 is 0 Å². The number of fused-ring (bicyclic) bond motifs is 3. The molecule has 0 unspecified atom stereocenters. The second-order valence-electron chi connectivity index (χ2n) is 8.77. The van der Waals surface area contributed by atoms with E-state index in [-0.39, 0.29) is 11.8 Å². The summed E-state index contributed by atoms with van der Waals surface area (Å²) < 4.78 is 11.5. The third-order valence-corrected chi connectivity index (χ3v) is 6.54. The molecule has 2 aromatic carbocycles. The van der Waals surface area contributed by atoms with Gasteiger partial charge in [-0.25, -0.2) is 0 Å². The Hall–Kier alpha value is -2.97. The van der Waals surface area contributed by atoms with Crippen molar-refractivity contribution in [3.8, 4) is 5.75 Å². The van der Waals surface area contributed by atoms with Gasteiger partial charge in [-0.1, -0.05) is 11.2 Å². The van der Waals surface area contributed by atoms with Crippen LogP contribution in [0.25, 0.3) is 21.7 Å². The van der Waals surface area contributed by atoms with Gasteiger partial charge in [-0.05, 0) is 74.4 Å². The van der Waals surface area contributed by atoms with Crippen molar-refractivity contribution in [2.45, 2.75) is 37.6 Å². The molecule has 1 atom stereocenters. The normalized spacial score (nSPS) is 20.7. The molecule has 2 aliphatic heterocycles. The van der Waals surface area contributed by atoms with Gasteiger partial charge in [0.25, 0.3) is 0 Å². The minimum Gasteiger partial charge on any atom is -0.492 e. The molecule has 2 aliphatic rings. The zero-order valence-electron chi connectivity index (χ0n) is 18.2. The summed E-state index contributed by atoms with van der Waals surface area (Å²) in [6.07, 6.45) is 3.10. The summed E-state index contributed by atoms with van der Waals surface area (Å²) in [5.74, 6) is -0.233. The van der Waals surface area contributed by atoms with Crippen LogP contribution in [0.5, 0.6) is 5.75 Å². The van der Waals surface area contributed by atoms with E-state index in [0.717, 1.165) is 41.5 Å². The lowest BCUT2D eigenvalue weighted by Crippen LogP contribution is -2.42. The summed E-state index contributed by atoms with van der Waals surface area (Å²) in [4.78, 5) is 26.3. The van der Waals surface area contributed by atoms with Crippen LogP contribution in [0.4, 0.5) is 0 Å². The van der Waals surface area contributed by atoms with Gasteiger partial charge in [-0.15, -0.1) is 0 Å². The highest BCUT2D eigenvalue weighted by molar-refractivity contribution is 6.10. The molecule has 0 saturated carbocycles. The first-order valence-electron chi connectivity index (χ1n) is 11.3. The van der Waals surface area contributed by atoms with Gasteiger partial charge in [0.1, 0.15) is 18.1 Å². The Morgan fingerprint density at radius 1 is 1.19 bits per heavy atom. The molecular formula is C24H28N4O4. The molecule has 2 amide bonds. The van der Waals surface area contributed by atoms with Crippen LogP contribution in [0.1, 0.15) is 37.3 Å². The van der Waals surface area contributed by atoms with Crippen LogP contribution in [-0.4, -0.2) is 61.2 Å². The topological polar surface area (TPSA) is 96.7 Å². The zero-order valence-corrected chi connectivity index (χ0v) is 18.2. The molecule has 0 radical (unpaired) electrons. The van der Waals surface area contributed by atoms with Crippen molar-refractivity contribution in [2.75, 3.05) is 33.3 Å². The molecule has 168 valence electrons. The Morgan fingerprint density at radius 3 is 2.84 bits per heavy atom. The van der Waals surface area contributed by atoms with Crippen molar-refractivity contribution in [3.05, 3.63) is 36.0 Å². The number of nitrogens with one attached hydrogen (secondary N) is 2. The van der Waals surface area contributed by atoms with Crippen molar-refractivity contribution in [3.63, 3.8) is 0 Å². The molecule has 8 nitrogen and oxygen atoms in total. The first-order valence-corrected chi connectivity index (χ1v) is 11.3. The van der Waals surface area contributed by atoms with Crippen molar-refractivity contribution >= 4 is 33.6 Å². The van der Waals surface area contributed by atoms with Crippen LogP contribution in [-0.2, 0) is 9.59 Å². The number of carbonyl (C=O) groups excluding carboxylic acids is 2. The van der Waals surface area contributed by atoms with Crippen LogP contribution < -0.4 is 15.4 Å². The number of carbonyl (C=O) groups is 2. The molecule has 32 heavy (non-hydrogen) atoms. The first-order chi connectivity index (χ1) is 15.6. The smallest absolute Gasteiger partial charge is 0.235 e. The van der Waals surface area contributed by atoms with E-state index in [2.05, 4.69) is 27.7 Å². The molecule has 0 aliphatic carbocycles. The molecule has 0 spiro atoms. The average molecular weight is 437 g/mol. The van der Waals surface area contributed by atoms with E-state index in [1.165, 1.54) is 12.8 Å². The summed E-state index contributed by atoms with van der Waals surface area (Å²) in [7, 11) is 2.17. The van der Waals surface area contributed by atoms with Crippen LogP contribution in [0.2, 0.25) is 0 Å². The van der Waals surface area contributed by atoms with Crippen LogP contribution in [0.3, 0.4) is 0 Å². The minimum absolute atomic E-state index is 0.240. The van der Waals surface area contributed by atoms with Crippen LogP contribution in [0, 0.1) is 0 Å². The number of amides is 2. The second-order valence-corrected chi connectivity index (χ2v) is 8.77. The van der Waals surface area contributed by atoms with Crippen molar-refractivity contribution < 1.29 is 18.8 Å². The van der Waals surface area contributed by atoms with E-state index in [9.17, 15) is 9.59 Å². The summed E-state index contributed by atoms with van der Waals surface area (Å²) >= 11 is 0. The van der Waals surface area contributed by atoms with Gasteiger partial charge < -0.3 is 19.5 Å². The fourth-order valence-corrected chi connectivity index (χ4v) is 4.70. The highest BCUT2D eigenvalue weighted by Gasteiger charge is 2.32. The Balaban J connectivity index is 1.30. The van der Waals surface area contributed by atoms with E-state index in [1.807, 2.05) is 30.3 Å². The van der Waals surface area contributed by atoms with Gasteiger partial charge >= 0.3 is 0 Å². The monoisotopic (exact) mass is 436 g/mol. The maximum Gasteiger partial charge on any atom is 0.235 e. The third-order valence-electron chi connectivity index (χ3n) is 6.54. The molecule has 0 bridgehead atoms. The van der Waals surface area contributed by atoms with Crippen molar-refractivity contribution in [1.82, 2.24) is 20.7 Å². The molecular weight excluding hydrogens is 408 g/mol. The van der Waals surface area contributed by atoms with E-state index < -0.39 is 5.92 Å². The van der Waals surface area contributed by atoms with E-state index in [4.69, 9.17) is 9.26 Å². The quantitative estimate of drug-likeness (QED) is 0.453. The standard InChI is InChI=1S/C24H28N4O4/c1-28-11-8-16(9-12-28)25-10-13-31-17-3-4-18-15(14-17)2-6-20-22(18)23(27-32-20)19-5-7-21(29)26-24(19)30/h2-4,6,14,16,19,25H,5,7-13H2,1H3,(H,26,29,30)/t19-/m1/s1. The largest absolute Gasteiger partial charge is 0.492 e. The van der Waals surface area contributed by atoms with Gasteiger partial charge in [0.2, 0.25) is 11.8 Å². The molecule has 3 aromatic rings. The lowest BCUT2D eigenvalue weighted by molar-refractivity contribution is -0.134. The maximum atomic E-state index is 12.4. The highest BCUT2D eigenvalue weighted by Crippen LogP contribution is 2.36. The number of nitrogens with zero attached hydrogens (tertiary/aromatic N) is 2. The number of likely N-dealkylation sites (tertiary alicyclic amines) is 1. The van der Waals surface area contributed by atoms with Gasteiger partial charge in [0.15, 0.2) is 5.58 Å². The number of imide groups is 1. The van der Waals surface area contributed by atoms with Crippen molar-refractivity contribution in [1.29, 1.82) is 0 Å². The lowest BCUT2D eigenvalue weighted by Gasteiger charge is -2.29. The maximum absolute atomic E-state index is 12.4. The summed E-state index contributed by atoms with van der Waals surface area (Å²) in [6.45, 7) is 3.70. The van der Waals surface area contributed by atoms with Gasteiger partial charge in [-0.3, -0.25) is 14.9 Å². The average Bonchev–Trinajstić information content (AvgIpc) is 3.22. The van der Waals surface area contributed by atoms with E-state index >= 15 is 0 Å². The van der Waals surface area contributed by atoms with Crippen LogP contribution in [0.15, 0.2) is 34.9 Å². The fourth-order valence-electron chi connectivity index (χ4n) is 4.70. The summed E-state index contributed by atoms with van der Waals surface area (Å²) in [5.41, 5.74) is 1.22. The molecule has 2 saturated heterocycles. The Kier molecular flexibility index (Phi) is 5.80. The number of ether oxygens (including phenoxy) is 1. The van der Waals surface area contributed by atoms with Gasteiger partial charge in [0.05, 0.1) is 11.3 Å². The highest BCUT2D eigenvalue weighted by atomic mass is 16.5. The number of benzene rings is 2. The molecule has 3 heterocycles. The number of hydrogen-bond donors (Lipinski definition) is 2. The SMILES string of the molecule is CN1CCC(NCCOc2ccc3c(ccc4onc([C@H]5CCC(=O)NC5=O)c43)c2)CC1. The predicted molar refractivity (Wildman–Crippen MR) is 121 cm³/mol. The summed E-state index contributed by atoms with van der Waals surface area (Å²) in [5, 5.41) is 13.0. The molecule has 2 N–H and O–H groups in total. The zero-order chi connectivity index (χ0) is 22.1. The molecule has 8 heteroatoms. The minimum atomic E-state index is -0.485. The Bertz CT molecular complexity index is 1150. The second kappa shape index (κ2) is 8.88. The third kappa shape index (κ3) is 4.20. The van der Waals surface area contributed by atoms with Gasteiger partial charge in [0, 0.05) is 19.0 Å². The number of aromatic nitrogens is 1. The fraction of sp³-hybridized carbons (Fsp3) is 0.458. The van der Waals surface area contributed by atoms with E-state index in [1.54, 1.807) is 0 Å². The number of piperidine rings is 2. The Labute approximate surface area is 186 Å². The molecule has 5 rings (SSSR count). The van der Waals surface area contributed by atoms with Gasteiger partial charge in [-0.2, -0.15) is 0 Å². The molecule has 2 fully saturated rings. The number of hydrogen-bond acceptors (Lipinski definition) is 7.